The van der Waals surface area contributed by atoms with Crippen molar-refractivity contribution in [3.63, 3.8) is 0 Å². The zero-order valence-electron chi connectivity index (χ0n) is 19.6. The minimum Gasteiger partial charge on any atom is -0.383 e. The first kappa shape index (κ1) is 26.4. The molecular formula is C23H31FN4O4S. The van der Waals surface area contributed by atoms with Crippen LogP contribution in [-0.2, 0) is 20.7 Å². The maximum Gasteiger partial charge on any atom is 0.254 e. The Balaban J connectivity index is 2.01. The molecule has 1 aromatic heterocycles. The minimum absolute atomic E-state index is 0.0289. The van der Waals surface area contributed by atoms with Gasteiger partial charge in [-0.15, -0.1) is 11.3 Å². The number of methoxy groups -OCH3 is 1. The number of nitrogens with zero attached hydrogens (tertiary/aromatic N) is 3. The maximum absolute atomic E-state index is 13.2. The molecule has 0 atom stereocenters. The van der Waals surface area contributed by atoms with Crippen LogP contribution < -0.4 is 5.32 Å². The molecule has 180 valence electrons. The van der Waals surface area contributed by atoms with Crippen molar-refractivity contribution in [3.8, 4) is 0 Å². The van der Waals surface area contributed by atoms with Crippen molar-refractivity contribution in [1.29, 1.82) is 0 Å². The van der Waals surface area contributed by atoms with Gasteiger partial charge in [-0.3, -0.25) is 14.4 Å². The van der Waals surface area contributed by atoms with Crippen LogP contribution in [0.15, 0.2) is 29.6 Å². The van der Waals surface area contributed by atoms with Gasteiger partial charge in [0.05, 0.1) is 18.7 Å². The number of benzene rings is 1. The van der Waals surface area contributed by atoms with Crippen LogP contribution in [0.4, 0.5) is 9.52 Å². The highest BCUT2D eigenvalue weighted by Crippen LogP contribution is 2.18. The first-order chi connectivity index (χ1) is 15.6. The topological polar surface area (TPSA) is 91.8 Å². The number of ether oxygens (including phenoxy) is 1. The van der Waals surface area contributed by atoms with Crippen molar-refractivity contribution in [2.45, 2.75) is 46.2 Å². The standard InChI is InChI=1S/C23H31FN4O4S/c1-15(2)28(16(3)4)21(30)12-19-14-33-23(25-19)26-20(29)13-27(10-11-32-5)22(31)17-6-8-18(24)9-7-17/h6-9,14-16H,10-13H2,1-5H3,(H,25,26,29). The van der Waals surface area contributed by atoms with Crippen molar-refractivity contribution in [2.24, 2.45) is 0 Å². The van der Waals surface area contributed by atoms with Crippen LogP contribution in [0.5, 0.6) is 0 Å². The summed E-state index contributed by atoms with van der Waals surface area (Å²) in [7, 11) is 1.50. The van der Waals surface area contributed by atoms with Gasteiger partial charge in [0, 0.05) is 36.7 Å². The molecule has 0 bridgehead atoms. The lowest BCUT2D eigenvalue weighted by molar-refractivity contribution is -0.134. The molecular weight excluding hydrogens is 447 g/mol. The van der Waals surface area contributed by atoms with E-state index in [-0.39, 0.29) is 49.7 Å². The molecule has 33 heavy (non-hydrogen) atoms. The molecule has 0 spiro atoms. The highest BCUT2D eigenvalue weighted by atomic mass is 32.1. The van der Waals surface area contributed by atoms with Gasteiger partial charge < -0.3 is 19.9 Å². The smallest absolute Gasteiger partial charge is 0.254 e. The van der Waals surface area contributed by atoms with Gasteiger partial charge in [0.1, 0.15) is 12.4 Å². The first-order valence-corrected chi connectivity index (χ1v) is 11.6. The van der Waals surface area contributed by atoms with Crippen molar-refractivity contribution >= 4 is 34.2 Å². The molecule has 1 aromatic carbocycles. The fraction of sp³-hybridized carbons (Fsp3) is 0.478. The number of rotatable bonds is 11. The molecule has 0 radical (unpaired) electrons. The van der Waals surface area contributed by atoms with Crippen molar-refractivity contribution in [1.82, 2.24) is 14.8 Å². The van der Waals surface area contributed by atoms with Crippen LogP contribution >= 0.6 is 11.3 Å². The monoisotopic (exact) mass is 478 g/mol. The number of nitrogens with one attached hydrogen (secondary N) is 1. The quantitative estimate of drug-likeness (QED) is 0.536. The average molecular weight is 479 g/mol. The zero-order valence-corrected chi connectivity index (χ0v) is 20.4. The Morgan fingerprint density at radius 2 is 1.76 bits per heavy atom. The molecule has 0 saturated heterocycles. The SMILES string of the molecule is COCCN(CC(=O)Nc1nc(CC(=O)N(C(C)C)C(C)C)cs1)C(=O)c1ccc(F)cc1. The Kier molecular flexibility index (Phi) is 9.93. The Morgan fingerprint density at radius 3 is 2.33 bits per heavy atom. The summed E-state index contributed by atoms with van der Waals surface area (Å²) in [4.78, 5) is 45.4. The van der Waals surface area contributed by atoms with Gasteiger partial charge >= 0.3 is 0 Å². The van der Waals surface area contributed by atoms with Crippen LogP contribution in [0.1, 0.15) is 43.7 Å². The van der Waals surface area contributed by atoms with Crippen LogP contribution in [-0.4, -0.2) is 71.4 Å². The summed E-state index contributed by atoms with van der Waals surface area (Å²) in [6, 6.07) is 5.28. The maximum atomic E-state index is 13.2. The molecule has 1 heterocycles. The number of hydrogen-bond acceptors (Lipinski definition) is 6. The van der Waals surface area contributed by atoms with E-state index in [0.29, 0.717) is 10.8 Å². The lowest BCUT2D eigenvalue weighted by atomic mass is 10.2. The molecule has 2 aromatic rings. The molecule has 3 amide bonds. The second-order valence-electron chi connectivity index (χ2n) is 8.08. The molecule has 8 nitrogen and oxygen atoms in total. The van der Waals surface area contributed by atoms with Gasteiger partial charge in [0.2, 0.25) is 11.8 Å². The van der Waals surface area contributed by atoms with E-state index in [4.69, 9.17) is 4.74 Å². The first-order valence-electron chi connectivity index (χ1n) is 10.7. The van der Waals surface area contributed by atoms with Gasteiger partial charge in [-0.05, 0) is 52.0 Å². The number of hydrogen-bond donors (Lipinski definition) is 1. The van der Waals surface area contributed by atoms with Gasteiger partial charge in [-0.25, -0.2) is 9.37 Å². The predicted octanol–water partition coefficient (Wildman–Crippen LogP) is 3.20. The Morgan fingerprint density at radius 1 is 1.12 bits per heavy atom. The summed E-state index contributed by atoms with van der Waals surface area (Å²) in [5, 5.41) is 4.77. The van der Waals surface area contributed by atoms with Crippen LogP contribution in [0, 0.1) is 5.82 Å². The normalized spacial score (nSPS) is 11.0. The molecule has 0 aliphatic carbocycles. The third kappa shape index (κ3) is 7.90. The molecule has 0 saturated carbocycles. The number of thiazole rings is 1. The fourth-order valence-corrected chi connectivity index (χ4v) is 4.15. The predicted molar refractivity (Wildman–Crippen MR) is 126 cm³/mol. The average Bonchev–Trinajstić information content (AvgIpc) is 3.16. The Hall–Kier alpha value is -2.85. The Bertz CT molecular complexity index is 938. The molecule has 0 aliphatic heterocycles. The molecule has 10 heteroatoms. The minimum atomic E-state index is -0.448. The fourth-order valence-electron chi connectivity index (χ4n) is 3.43. The zero-order chi connectivity index (χ0) is 24.5. The van der Waals surface area contributed by atoms with E-state index >= 15 is 0 Å². The van der Waals surface area contributed by atoms with E-state index in [1.807, 2.05) is 27.7 Å². The lowest BCUT2D eigenvalue weighted by Gasteiger charge is -2.30. The summed E-state index contributed by atoms with van der Waals surface area (Å²) in [5.41, 5.74) is 0.848. The number of halogens is 1. The van der Waals surface area contributed by atoms with Crippen molar-refractivity contribution in [2.75, 3.05) is 32.1 Å². The summed E-state index contributed by atoms with van der Waals surface area (Å²) in [6.07, 6.45) is 0.145. The van der Waals surface area contributed by atoms with Crippen LogP contribution in [0.2, 0.25) is 0 Å². The van der Waals surface area contributed by atoms with E-state index in [9.17, 15) is 18.8 Å². The van der Waals surface area contributed by atoms with Crippen molar-refractivity contribution in [3.05, 3.63) is 46.7 Å². The second kappa shape index (κ2) is 12.4. The van der Waals surface area contributed by atoms with E-state index in [2.05, 4.69) is 10.3 Å². The van der Waals surface area contributed by atoms with Gasteiger partial charge in [0.15, 0.2) is 5.13 Å². The van der Waals surface area contributed by atoms with E-state index in [0.717, 1.165) is 0 Å². The number of amides is 3. The third-order valence-electron chi connectivity index (χ3n) is 4.81. The van der Waals surface area contributed by atoms with E-state index in [1.54, 1.807) is 10.3 Å². The summed E-state index contributed by atoms with van der Waals surface area (Å²) in [6.45, 7) is 8.08. The molecule has 1 N–H and O–H groups in total. The van der Waals surface area contributed by atoms with E-state index in [1.165, 1.54) is 47.6 Å². The number of carbonyl (C=O) groups is 3. The van der Waals surface area contributed by atoms with Crippen molar-refractivity contribution < 1.29 is 23.5 Å². The van der Waals surface area contributed by atoms with Crippen LogP contribution in [0.25, 0.3) is 0 Å². The van der Waals surface area contributed by atoms with E-state index < -0.39 is 17.6 Å². The summed E-state index contributed by atoms with van der Waals surface area (Å²) < 4.78 is 18.2. The number of carbonyl (C=O) groups excluding carboxylic acids is 3. The molecule has 2 rings (SSSR count). The summed E-state index contributed by atoms with van der Waals surface area (Å²) >= 11 is 1.22. The second-order valence-corrected chi connectivity index (χ2v) is 8.94. The largest absolute Gasteiger partial charge is 0.383 e. The highest BCUT2D eigenvalue weighted by molar-refractivity contribution is 7.13. The number of anilines is 1. The molecule has 0 fully saturated rings. The third-order valence-corrected chi connectivity index (χ3v) is 5.62. The van der Waals surface area contributed by atoms with Gasteiger partial charge in [-0.2, -0.15) is 0 Å². The van der Waals surface area contributed by atoms with Gasteiger partial charge in [0.25, 0.3) is 5.91 Å². The number of aromatic nitrogens is 1. The van der Waals surface area contributed by atoms with Gasteiger partial charge in [-0.1, -0.05) is 0 Å². The highest BCUT2D eigenvalue weighted by Gasteiger charge is 2.22. The molecule has 0 unspecified atom stereocenters. The van der Waals surface area contributed by atoms with Crippen LogP contribution in [0.3, 0.4) is 0 Å². The summed E-state index contributed by atoms with van der Waals surface area (Å²) in [5.74, 6) is -1.32. The molecule has 0 aliphatic rings. The Labute approximate surface area is 197 Å². The lowest BCUT2D eigenvalue weighted by Crippen LogP contribution is -2.42.